The fourth-order valence-corrected chi connectivity index (χ4v) is 3.70. The van der Waals surface area contributed by atoms with Crippen LogP contribution in [0.25, 0.3) is 0 Å². The van der Waals surface area contributed by atoms with Gasteiger partial charge in [0.1, 0.15) is 23.9 Å². The van der Waals surface area contributed by atoms with E-state index in [2.05, 4.69) is 16.0 Å². The topological polar surface area (TPSA) is 197 Å². The highest BCUT2D eigenvalue weighted by atomic mass is 16.4. The van der Waals surface area contributed by atoms with Gasteiger partial charge in [0.25, 0.3) is 0 Å². The van der Waals surface area contributed by atoms with Crippen LogP contribution in [0.5, 0.6) is 5.75 Å². The molecule has 0 spiro atoms. The number of carbonyl (C=O) groups excluding carboxylic acids is 3. The zero-order chi connectivity index (χ0) is 28.1. The first-order valence-electron chi connectivity index (χ1n) is 12.5. The van der Waals surface area contributed by atoms with E-state index in [1.54, 1.807) is 36.4 Å². The largest absolute Gasteiger partial charge is 0.508 e. The van der Waals surface area contributed by atoms with Gasteiger partial charge in [-0.05, 0) is 49.6 Å². The molecule has 2 aromatic carbocycles. The molecule has 11 heteroatoms. The Hall–Kier alpha value is -3.96. The van der Waals surface area contributed by atoms with E-state index in [-0.39, 0.29) is 18.6 Å². The van der Waals surface area contributed by atoms with E-state index < -0.39 is 47.9 Å². The van der Waals surface area contributed by atoms with Crippen molar-refractivity contribution in [1.29, 1.82) is 0 Å². The van der Waals surface area contributed by atoms with Crippen LogP contribution in [0.15, 0.2) is 54.6 Å². The summed E-state index contributed by atoms with van der Waals surface area (Å²) < 4.78 is 0. The molecule has 206 valence electrons. The normalized spacial score (nSPS) is 14.0. The Labute approximate surface area is 222 Å². The van der Waals surface area contributed by atoms with Gasteiger partial charge in [-0.1, -0.05) is 48.9 Å². The highest BCUT2D eigenvalue weighted by Crippen LogP contribution is 2.12. The Bertz CT molecular complexity index is 1060. The quantitative estimate of drug-likeness (QED) is 0.159. The molecular formula is C27H37N5O6. The minimum Gasteiger partial charge on any atom is -0.508 e. The lowest BCUT2D eigenvalue weighted by Crippen LogP contribution is -2.57. The second-order valence-corrected chi connectivity index (χ2v) is 9.14. The smallest absolute Gasteiger partial charge is 0.325 e. The number of hydrogen-bond acceptors (Lipinski definition) is 7. The van der Waals surface area contributed by atoms with E-state index >= 15 is 0 Å². The van der Waals surface area contributed by atoms with Gasteiger partial charge in [0, 0.05) is 12.8 Å². The maximum atomic E-state index is 13.4. The summed E-state index contributed by atoms with van der Waals surface area (Å²) >= 11 is 0. The summed E-state index contributed by atoms with van der Waals surface area (Å²) in [5.41, 5.74) is 12.9. The van der Waals surface area contributed by atoms with Crippen molar-refractivity contribution in [2.24, 2.45) is 11.5 Å². The molecule has 4 unspecified atom stereocenters. The number of nitrogens with two attached hydrogens (primary N) is 2. The Morgan fingerprint density at radius 2 is 1.32 bits per heavy atom. The van der Waals surface area contributed by atoms with Crippen molar-refractivity contribution in [2.45, 2.75) is 63.2 Å². The molecule has 0 saturated heterocycles. The van der Waals surface area contributed by atoms with Crippen LogP contribution in [0, 0.1) is 0 Å². The number of unbranched alkanes of at least 4 members (excludes halogenated alkanes) is 1. The van der Waals surface area contributed by atoms with E-state index in [1.807, 2.05) is 6.07 Å². The Kier molecular flexibility index (Phi) is 12.2. The molecule has 38 heavy (non-hydrogen) atoms. The van der Waals surface area contributed by atoms with Crippen molar-refractivity contribution in [3.63, 3.8) is 0 Å². The number of amides is 3. The lowest BCUT2D eigenvalue weighted by Gasteiger charge is -2.25. The maximum Gasteiger partial charge on any atom is 0.325 e. The number of nitrogens with one attached hydrogen (secondary N) is 3. The fraction of sp³-hybridized carbons (Fsp3) is 0.407. The third-order valence-electron chi connectivity index (χ3n) is 5.96. The minimum absolute atomic E-state index is 0.0489. The van der Waals surface area contributed by atoms with Crippen LogP contribution in [-0.2, 0) is 32.0 Å². The number of benzene rings is 2. The Morgan fingerprint density at radius 3 is 1.87 bits per heavy atom. The molecule has 2 aromatic rings. The number of rotatable bonds is 15. The number of carbonyl (C=O) groups is 4. The molecule has 0 saturated carbocycles. The molecular weight excluding hydrogens is 490 g/mol. The van der Waals surface area contributed by atoms with Gasteiger partial charge in [0.2, 0.25) is 17.7 Å². The number of phenolic OH excluding ortho intramolecular Hbond substituents is 1. The van der Waals surface area contributed by atoms with Crippen LogP contribution in [-0.4, -0.2) is 64.6 Å². The third-order valence-corrected chi connectivity index (χ3v) is 5.96. The summed E-state index contributed by atoms with van der Waals surface area (Å²) in [5.74, 6) is -3.01. The molecule has 9 N–H and O–H groups in total. The molecule has 0 aliphatic rings. The number of aliphatic carboxylic acids is 1. The minimum atomic E-state index is -1.22. The van der Waals surface area contributed by atoms with Gasteiger partial charge >= 0.3 is 5.97 Å². The van der Waals surface area contributed by atoms with E-state index in [4.69, 9.17) is 11.5 Å². The van der Waals surface area contributed by atoms with Crippen LogP contribution in [0.3, 0.4) is 0 Å². The molecule has 11 nitrogen and oxygen atoms in total. The van der Waals surface area contributed by atoms with Gasteiger partial charge in [-0.25, -0.2) is 0 Å². The van der Waals surface area contributed by atoms with Gasteiger partial charge in [-0.3, -0.25) is 19.2 Å². The van der Waals surface area contributed by atoms with Crippen molar-refractivity contribution in [2.75, 3.05) is 6.54 Å². The molecule has 3 amide bonds. The third kappa shape index (κ3) is 10.2. The number of aromatic hydroxyl groups is 1. The summed E-state index contributed by atoms with van der Waals surface area (Å²) in [7, 11) is 0. The van der Waals surface area contributed by atoms with Crippen LogP contribution < -0.4 is 27.4 Å². The van der Waals surface area contributed by atoms with Crippen molar-refractivity contribution in [3.05, 3.63) is 65.7 Å². The van der Waals surface area contributed by atoms with Crippen molar-refractivity contribution in [3.8, 4) is 5.75 Å². The number of carboxylic acid groups (broad SMARTS) is 1. The second-order valence-electron chi connectivity index (χ2n) is 9.14. The standard InChI is InChI=1S/C27H37N5O6/c1-17(27(37)38)30-25(35)22(15-18-7-3-2-4-8-18)32-26(36)23(16-19-10-12-20(33)13-11-19)31-24(34)21(29)9-5-6-14-28/h2-4,7-8,10-13,17,21-23,33H,5-6,9,14-16,28-29H2,1H3,(H,30,35)(H,31,34)(H,32,36)(H,37,38). The lowest BCUT2D eigenvalue weighted by atomic mass is 10.0. The molecule has 0 radical (unpaired) electrons. The van der Waals surface area contributed by atoms with Crippen molar-refractivity contribution in [1.82, 2.24) is 16.0 Å². The summed E-state index contributed by atoms with van der Waals surface area (Å²) in [4.78, 5) is 50.4. The Balaban J connectivity index is 2.25. The van der Waals surface area contributed by atoms with Crippen LogP contribution in [0.2, 0.25) is 0 Å². The summed E-state index contributed by atoms with van der Waals surface area (Å²) in [5, 5.41) is 26.5. The van der Waals surface area contributed by atoms with E-state index in [0.29, 0.717) is 31.4 Å². The summed E-state index contributed by atoms with van der Waals surface area (Å²) in [6, 6.07) is 10.9. The highest BCUT2D eigenvalue weighted by molar-refractivity contribution is 5.94. The molecule has 0 aliphatic carbocycles. The monoisotopic (exact) mass is 527 g/mol. The van der Waals surface area contributed by atoms with Gasteiger partial charge in [-0.2, -0.15) is 0 Å². The molecule has 0 fully saturated rings. The molecule has 0 heterocycles. The number of phenols is 1. The van der Waals surface area contributed by atoms with E-state index in [9.17, 15) is 29.4 Å². The SMILES string of the molecule is CC(NC(=O)C(Cc1ccccc1)NC(=O)C(Cc1ccc(O)cc1)NC(=O)C(N)CCCCN)C(=O)O. The molecule has 4 atom stereocenters. The maximum absolute atomic E-state index is 13.4. The zero-order valence-electron chi connectivity index (χ0n) is 21.4. The van der Waals surface area contributed by atoms with Crippen LogP contribution in [0.4, 0.5) is 0 Å². The average molecular weight is 528 g/mol. The zero-order valence-corrected chi connectivity index (χ0v) is 21.4. The molecule has 0 bridgehead atoms. The molecule has 0 aromatic heterocycles. The molecule has 2 rings (SSSR count). The van der Waals surface area contributed by atoms with Gasteiger partial charge in [0.15, 0.2) is 0 Å². The predicted molar refractivity (Wildman–Crippen MR) is 142 cm³/mol. The first-order chi connectivity index (χ1) is 18.1. The lowest BCUT2D eigenvalue weighted by molar-refractivity contribution is -0.141. The second kappa shape index (κ2) is 15.3. The van der Waals surface area contributed by atoms with Gasteiger partial charge in [-0.15, -0.1) is 0 Å². The predicted octanol–water partition coefficient (Wildman–Crippen LogP) is 0.193. The first-order valence-corrected chi connectivity index (χ1v) is 12.5. The summed E-state index contributed by atoms with van der Waals surface area (Å²) in [6.07, 6.45) is 1.93. The first kappa shape index (κ1) is 30.3. The van der Waals surface area contributed by atoms with Gasteiger partial charge < -0.3 is 37.6 Å². The number of hydrogen-bond donors (Lipinski definition) is 7. The summed E-state index contributed by atoms with van der Waals surface area (Å²) in [6.45, 7) is 1.80. The highest BCUT2D eigenvalue weighted by Gasteiger charge is 2.29. The number of carboxylic acids is 1. The van der Waals surface area contributed by atoms with Crippen molar-refractivity contribution < 1.29 is 29.4 Å². The van der Waals surface area contributed by atoms with Crippen LogP contribution in [0.1, 0.15) is 37.3 Å². The van der Waals surface area contributed by atoms with Crippen LogP contribution >= 0.6 is 0 Å². The molecule has 0 aliphatic heterocycles. The Morgan fingerprint density at radius 1 is 0.789 bits per heavy atom. The fourth-order valence-electron chi connectivity index (χ4n) is 3.70. The average Bonchev–Trinajstić information content (AvgIpc) is 2.89. The van der Waals surface area contributed by atoms with Gasteiger partial charge in [0.05, 0.1) is 6.04 Å². The van der Waals surface area contributed by atoms with E-state index in [0.717, 1.165) is 5.56 Å². The van der Waals surface area contributed by atoms with E-state index in [1.165, 1.54) is 19.1 Å². The van der Waals surface area contributed by atoms with Crippen molar-refractivity contribution >= 4 is 23.7 Å².